The molecule has 2 amide bonds. The number of nitrogens with zero attached hydrogens (tertiary/aromatic N) is 2. The summed E-state index contributed by atoms with van der Waals surface area (Å²) in [4.78, 5) is 50.4. The fourth-order valence-electron chi connectivity index (χ4n) is 5.82. The normalized spacial score (nSPS) is 10.0. The molecular formula is C45H55N5O6. The Morgan fingerprint density at radius 1 is 0.643 bits per heavy atom. The van der Waals surface area contributed by atoms with E-state index in [1.807, 2.05) is 90.1 Å². The van der Waals surface area contributed by atoms with Gasteiger partial charge in [0.2, 0.25) is 6.08 Å². The van der Waals surface area contributed by atoms with Gasteiger partial charge in [-0.15, -0.1) is 0 Å². The first kappa shape index (κ1) is 45.9. The number of benzene rings is 4. The van der Waals surface area contributed by atoms with Gasteiger partial charge in [0.05, 0.1) is 5.69 Å². The van der Waals surface area contributed by atoms with Crippen molar-refractivity contribution < 1.29 is 18.4 Å². The molecule has 0 aliphatic rings. The molecule has 56 heavy (non-hydrogen) atoms. The van der Waals surface area contributed by atoms with Crippen molar-refractivity contribution in [1.29, 1.82) is 0 Å². The maximum absolute atomic E-state index is 12.2. The van der Waals surface area contributed by atoms with Gasteiger partial charge in [-0.1, -0.05) is 40.3 Å². The summed E-state index contributed by atoms with van der Waals surface area (Å²) in [5.74, 6) is 0. The van der Waals surface area contributed by atoms with Crippen molar-refractivity contribution in [2.75, 3.05) is 36.0 Å². The smallest absolute Gasteiger partial charge is 0.336 e. The quantitative estimate of drug-likeness (QED) is 0.0654. The monoisotopic (exact) mass is 761 g/mol. The van der Waals surface area contributed by atoms with Crippen LogP contribution in [0.4, 0.5) is 27.5 Å². The number of hydrogen-bond acceptors (Lipinski definition) is 9. The number of anilines is 3. The lowest BCUT2D eigenvalue weighted by Crippen LogP contribution is -2.21. The van der Waals surface area contributed by atoms with Crippen LogP contribution >= 0.6 is 0 Å². The number of urea groups is 1. The van der Waals surface area contributed by atoms with Crippen LogP contribution in [0.1, 0.15) is 61.6 Å². The Labute approximate surface area is 329 Å². The topological polar surface area (TPSA) is 160 Å². The Morgan fingerprint density at radius 3 is 1.55 bits per heavy atom. The molecule has 6 rings (SSSR count). The molecule has 0 fully saturated rings. The van der Waals surface area contributed by atoms with Crippen LogP contribution in [0.15, 0.2) is 108 Å². The lowest BCUT2D eigenvalue weighted by molar-refractivity contribution is 0.262. The van der Waals surface area contributed by atoms with Crippen molar-refractivity contribution >= 4 is 56.8 Å². The van der Waals surface area contributed by atoms with Crippen LogP contribution in [0, 0.1) is 41.5 Å². The molecule has 0 saturated heterocycles. The summed E-state index contributed by atoms with van der Waals surface area (Å²) in [6.07, 6.45) is 1.51. The number of aryl methyl sites for hydroxylation is 6. The van der Waals surface area contributed by atoms with Crippen LogP contribution in [0.3, 0.4) is 0 Å². The number of isocyanates is 1. The number of nitrogens with one attached hydrogen (secondary N) is 2. The standard InChI is InChI=1S/C19H18N2O3.C10H9NO2.C9H9NO.C6H15N.CH4/c1-11-6-12(2)8-15(7-11)21-19(23)20-14-4-5-16-13(3)9-18(22)24-17(16)10-14;1-6-4-10(12)13-9-5-7(11)2-3-8(6)9;1-7-3-8(2)5-9(4-7)10-6-11;1-4-7(5-2)6-3;/h4-10H,1-3H3,(H2,20,21,23);2-5H,11H2,1H3;3-5H,1-2H3;4-6H2,1-3H3;1H4. The van der Waals surface area contributed by atoms with Crippen LogP contribution in [-0.4, -0.2) is 36.6 Å². The minimum Gasteiger partial charge on any atom is -0.423 e. The van der Waals surface area contributed by atoms with Gasteiger partial charge in [-0.25, -0.2) is 19.2 Å². The second kappa shape index (κ2) is 22.2. The second-order valence-corrected chi connectivity index (χ2v) is 13.1. The van der Waals surface area contributed by atoms with Gasteiger partial charge in [0, 0.05) is 52.1 Å². The molecule has 0 saturated carbocycles. The van der Waals surface area contributed by atoms with E-state index in [4.69, 9.17) is 14.6 Å². The highest BCUT2D eigenvalue weighted by Crippen LogP contribution is 2.22. The molecule has 11 nitrogen and oxygen atoms in total. The summed E-state index contributed by atoms with van der Waals surface area (Å²) in [7, 11) is 0. The predicted octanol–water partition coefficient (Wildman–Crippen LogP) is 10.3. The molecule has 2 heterocycles. The summed E-state index contributed by atoms with van der Waals surface area (Å²) in [6, 6.07) is 24.7. The second-order valence-electron chi connectivity index (χ2n) is 13.1. The Balaban J connectivity index is 0.000000286. The molecule has 0 aliphatic carbocycles. The fraction of sp³-hybridized carbons (Fsp3) is 0.289. The van der Waals surface area contributed by atoms with Gasteiger partial charge in [0.15, 0.2) is 0 Å². The third-order valence-electron chi connectivity index (χ3n) is 8.39. The maximum Gasteiger partial charge on any atom is 0.336 e. The van der Waals surface area contributed by atoms with E-state index in [0.717, 1.165) is 49.8 Å². The van der Waals surface area contributed by atoms with Crippen molar-refractivity contribution in [3.63, 3.8) is 0 Å². The van der Waals surface area contributed by atoms with Gasteiger partial charge in [0.1, 0.15) is 11.2 Å². The zero-order valence-corrected chi connectivity index (χ0v) is 33.1. The number of rotatable bonds is 6. The van der Waals surface area contributed by atoms with Crippen LogP contribution in [0.5, 0.6) is 0 Å². The molecule has 0 atom stereocenters. The number of fused-ring (bicyclic) bond motifs is 2. The third kappa shape index (κ3) is 14.5. The van der Waals surface area contributed by atoms with Gasteiger partial charge in [-0.05, 0) is 143 Å². The minimum atomic E-state index is -0.406. The summed E-state index contributed by atoms with van der Waals surface area (Å²) in [6.45, 7) is 21.7. The van der Waals surface area contributed by atoms with Crippen LogP contribution in [-0.2, 0) is 4.79 Å². The molecule has 0 unspecified atom stereocenters. The van der Waals surface area contributed by atoms with E-state index in [9.17, 15) is 19.2 Å². The van der Waals surface area contributed by atoms with Crippen molar-refractivity contribution in [2.45, 2.75) is 69.7 Å². The zero-order chi connectivity index (χ0) is 40.7. The first-order valence-electron chi connectivity index (χ1n) is 18.0. The first-order valence-corrected chi connectivity index (χ1v) is 18.0. The molecular weight excluding hydrogens is 707 g/mol. The fourth-order valence-corrected chi connectivity index (χ4v) is 5.82. The highest BCUT2D eigenvalue weighted by Gasteiger charge is 2.07. The number of nitrogen functional groups attached to an aromatic ring is 1. The highest BCUT2D eigenvalue weighted by molar-refractivity contribution is 6.01. The van der Waals surface area contributed by atoms with Gasteiger partial charge in [0.25, 0.3) is 0 Å². The number of nitrogens with two attached hydrogens (primary N) is 1. The Morgan fingerprint density at radius 2 is 1.09 bits per heavy atom. The minimum absolute atomic E-state index is 0. The third-order valence-corrected chi connectivity index (χ3v) is 8.39. The molecule has 0 aliphatic heterocycles. The van der Waals surface area contributed by atoms with Crippen LogP contribution < -0.4 is 27.6 Å². The van der Waals surface area contributed by atoms with Crippen molar-refractivity contribution in [3.8, 4) is 0 Å². The summed E-state index contributed by atoms with van der Waals surface area (Å²) in [5.41, 5.74) is 14.5. The van der Waals surface area contributed by atoms with E-state index in [-0.39, 0.29) is 19.1 Å². The SMILES string of the molecule is C.CCN(CC)CC.Cc1cc(=O)oc2cc(N)ccc12.Cc1cc(C)cc(N=C=O)c1.Cc1cc(C)cc(NC(=O)Nc2ccc3c(C)cc(=O)oc3c2)c1. The van der Waals surface area contributed by atoms with Gasteiger partial charge in [-0.2, -0.15) is 4.99 Å². The number of carbonyl (C=O) groups is 1. The number of carbonyl (C=O) groups excluding carboxylic acids is 2. The van der Waals surface area contributed by atoms with Crippen molar-refractivity contribution in [2.24, 2.45) is 4.99 Å². The predicted molar refractivity (Wildman–Crippen MR) is 231 cm³/mol. The largest absolute Gasteiger partial charge is 0.423 e. The molecule has 296 valence electrons. The Hall–Kier alpha value is -6.29. The Bertz CT molecular complexity index is 2360. The van der Waals surface area contributed by atoms with E-state index >= 15 is 0 Å². The summed E-state index contributed by atoms with van der Waals surface area (Å²) >= 11 is 0. The van der Waals surface area contributed by atoms with E-state index in [1.54, 1.807) is 24.3 Å². The van der Waals surface area contributed by atoms with Gasteiger partial charge < -0.3 is 30.1 Å². The van der Waals surface area contributed by atoms with Gasteiger partial charge in [-0.3, -0.25) is 0 Å². The molecule has 0 bridgehead atoms. The average Bonchev–Trinajstić information content (AvgIpc) is 3.08. The number of hydrogen-bond donors (Lipinski definition) is 3. The van der Waals surface area contributed by atoms with Crippen molar-refractivity contribution in [3.05, 3.63) is 139 Å². The lowest BCUT2D eigenvalue weighted by Gasteiger charge is -2.13. The summed E-state index contributed by atoms with van der Waals surface area (Å²) < 4.78 is 10.2. The Kier molecular flexibility index (Phi) is 18.2. The molecule has 6 aromatic rings. The molecule has 2 aromatic heterocycles. The highest BCUT2D eigenvalue weighted by atomic mass is 16.4. The van der Waals surface area contributed by atoms with Crippen molar-refractivity contribution in [1.82, 2.24) is 4.90 Å². The molecule has 4 aromatic carbocycles. The van der Waals surface area contributed by atoms with E-state index in [2.05, 4.69) is 41.3 Å². The zero-order valence-electron chi connectivity index (χ0n) is 33.1. The molecule has 0 radical (unpaired) electrons. The van der Waals surface area contributed by atoms with Gasteiger partial charge >= 0.3 is 17.3 Å². The van der Waals surface area contributed by atoms with E-state index < -0.39 is 5.63 Å². The lowest BCUT2D eigenvalue weighted by atomic mass is 10.1. The van der Waals surface area contributed by atoms with E-state index in [0.29, 0.717) is 28.2 Å². The number of amides is 2. The molecule has 11 heteroatoms. The van der Waals surface area contributed by atoms with E-state index in [1.165, 1.54) is 37.8 Å². The molecule has 4 N–H and O–H groups in total. The first-order chi connectivity index (χ1) is 26.1. The van der Waals surface area contributed by atoms with Crippen LogP contribution in [0.25, 0.3) is 21.9 Å². The number of aliphatic imine (C=N–C) groups is 1. The summed E-state index contributed by atoms with van der Waals surface area (Å²) in [5, 5.41) is 7.32. The van der Waals surface area contributed by atoms with Crippen LogP contribution in [0.2, 0.25) is 0 Å². The average molecular weight is 762 g/mol. The molecule has 0 spiro atoms. The maximum atomic E-state index is 12.2.